The molecule has 1 aromatic rings. The highest BCUT2D eigenvalue weighted by Gasteiger charge is 2.23. The van der Waals surface area contributed by atoms with Crippen LogP contribution in [0.25, 0.3) is 0 Å². The lowest BCUT2D eigenvalue weighted by atomic mass is 10.1. The third-order valence-electron chi connectivity index (χ3n) is 3.67. The van der Waals surface area contributed by atoms with Crippen LogP contribution in [-0.2, 0) is 4.74 Å². The predicted molar refractivity (Wildman–Crippen MR) is 67.9 cm³/mol. The highest BCUT2D eigenvalue weighted by Crippen LogP contribution is 2.15. The molecule has 2 fully saturated rings. The molecule has 1 atom stereocenters. The molecule has 2 aliphatic rings. The second-order valence-electron chi connectivity index (χ2n) is 4.99. The summed E-state index contributed by atoms with van der Waals surface area (Å²) in [6.07, 6.45) is 3.99. The topological polar surface area (TPSA) is 72.3 Å². The molecule has 0 bridgehead atoms. The molecule has 0 aliphatic carbocycles. The van der Waals surface area contributed by atoms with Gasteiger partial charge >= 0.3 is 0 Å². The van der Waals surface area contributed by atoms with E-state index in [2.05, 4.69) is 15.6 Å². The Morgan fingerprint density at radius 2 is 2.26 bits per heavy atom. The number of hydrogen-bond donors (Lipinski definition) is 1. The first kappa shape index (κ1) is 12.6. The van der Waals surface area contributed by atoms with Crippen LogP contribution in [-0.4, -0.2) is 65.2 Å². The zero-order valence-corrected chi connectivity index (χ0v) is 10.9. The second-order valence-corrected chi connectivity index (χ2v) is 4.99. The molecule has 3 rings (SSSR count). The molecule has 7 heteroatoms. The van der Waals surface area contributed by atoms with Crippen molar-refractivity contribution >= 4 is 5.91 Å². The molecule has 1 aromatic heterocycles. The Morgan fingerprint density at radius 1 is 1.42 bits per heavy atom. The molecule has 2 aliphatic heterocycles. The van der Waals surface area contributed by atoms with Gasteiger partial charge in [0.05, 0.1) is 25.5 Å². The van der Waals surface area contributed by atoms with Crippen LogP contribution in [0.3, 0.4) is 0 Å². The first-order chi connectivity index (χ1) is 9.34. The van der Waals surface area contributed by atoms with Crippen molar-refractivity contribution in [3.8, 4) is 0 Å². The van der Waals surface area contributed by atoms with E-state index in [0.29, 0.717) is 38.0 Å². The zero-order chi connectivity index (χ0) is 13.1. The van der Waals surface area contributed by atoms with Crippen LogP contribution in [0.15, 0.2) is 6.20 Å². The Labute approximate surface area is 111 Å². The van der Waals surface area contributed by atoms with Crippen molar-refractivity contribution in [1.29, 1.82) is 0 Å². The standard InChI is InChI=1S/C12H19N5O2/c18-12(16-4-6-19-7-5-16)11-9-17(15-14-11)10-2-1-3-13-8-10/h9-10,13H,1-8H2/t10-/m0/s1. The number of morpholine rings is 1. The Balaban J connectivity index is 1.67. The van der Waals surface area contributed by atoms with Crippen LogP contribution in [0, 0.1) is 0 Å². The summed E-state index contributed by atoms with van der Waals surface area (Å²) in [5.74, 6) is -0.0432. The van der Waals surface area contributed by atoms with Gasteiger partial charge in [0.1, 0.15) is 0 Å². The molecule has 104 valence electrons. The lowest BCUT2D eigenvalue weighted by Gasteiger charge is -2.25. The van der Waals surface area contributed by atoms with Crippen molar-refractivity contribution < 1.29 is 9.53 Å². The van der Waals surface area contributed by atoms with Crippen LogP contribution in [0.5, 0.6) is 0 Å². The summed E-state index contributed by atoms with van der Waals surface area (Å²) < 4.78 is 7.06. The second kappa shape index (κ2) is 5.66. The van der Waals surface area contributed by atoms with Gasteiger partial charge in [-0.3, -0.25) is 4.79 Å². The first-order valence-electron chi connectivity index (χ1n) is 6.84. The minimum Gasteiger partial charge on any atom is -0.378 e. The molecular weight excluding hydrogens is 246 g/mol. The number of nitrogens with zero attached hydrogens (tertiary/aromatic N) is 4. The minimum atomic E-state index is -0.0432. The van der Waals surface area contributed by atoms with Crippen molar-refractivity contribution in [3.63, 3.8) is 0 Å². The fraction of sp³-hybridized carbons (Fsp3) is 0.750. The summed E-state index contributed by atoms with van der Waals surface area (Å²) in [7, 11) is 0. The van der Waals surface area contributed by atoms with E-state index in [1.54, 1.807) is 11.1 Å². The molecule has 0 aromatic carbocycles. The number of hydrogen-bond acceptors (Lipinski definition) is 5. The smallest absolute Gasteiger partial charge is 0.276 e. The van der Waals surface area contributed by atoms with E-state index in [0.717, 1.165) is 25.9 Å². The van der Waals surface area contributed by atoms with Crippen LogP contribution < -0.4 is 5.32 Å². The number of piperidine rings is 1. The largest absolute Gasteiger partial charge is 0.378 e. The fourth-order valence-electron chi connectivity index (χ4n) is 2.54. The Hall–Kier alpha value is -1.47. The summed E-state index contributed by atoms with van der Waals surface area (Å²) in [6, 6.07) is 0.312. The average Bonchev–Trinajstić information content (AvgIpc) is 2.98. The zero-order valence-electron chi connectivity index (χ0n) is 10.9. The molecule has 0 saturated carbocycles. The molecule has 3 heterocycles. The van der Waals surface area contributed by atoms with Crippen molar-refractivity contribution in [2.24, 2.45) is 0 Å². The number of rotatable bonds is 2. The van der Waals surface area contributed by atoms with Crippen LogP contribution in [0.2, 0.25) is 0 Å². The van der Waals surface area contributed by atoms with E-state index >= 15 is 0 Å². The monoisotopic (exact) mass is 265 g/mol. The maximum absolute atomic E-state index is 12.2. The highest BCUT2D eigenvalue weighted by atomic mass is 16.5. The number of nitrogens with one attached hydrogen (secondary N) is 1. The Kier molecular flexibility index (Phi) is 3.74. The van der Waals surface area contributed by atoms with Gasteiger partial charge in [-0.25, -0.2) is 4.68 Å². The van der Waals surface area contributed by atoms with Crippen LogP contribution in [0.1, 0.15) is 29.4 Å². The lowest BCUT2D eigenvalue weighted by Crippen LogP contribution is -2.40. The summed E-state index contributed by atoms with van der Waals surface area (Å²) in [5, 5.41) is 11.5. The number of carbonyl (C=O) groups excluding carboxylic acids is 1. The summed E-state index contributed by atoms with van der Waals surface area (Å²) in [4.78, 5) is 14.0. The summed E-state index contributed by atoms with van der Waals surface area (Å²) >= 11 is 0. The van der Waals surface area contributed by atoms with E-state index in [1.165, 1.54) is 0 Å². The molecule has 7 nitrogen and oxygen atoms in total. The van der Waals surface area contributed by atoms with Gasteiger partial charge in [0, 0.05) is 19.6 Å². The average molecular weight is 265 g/mol. The van der Waals surface area contributed by atoms with E-state index in [1.807, 2.05) is 4.68 Å². The molecule has 0 spiro atoms. The minimum absolute atomic E-state index is 0.0432. The van der Waals surface area contributed by atoms with Gasteiger partial charge in [-0.1, -0.05) is 5.21 Å². The SMILES string of the molecule is O=C(c1cn([C@H]2CCCNC2)nn1)N1CCOCC1. The number of amides is 1. The molecule has 1 amide bonds. The molecule has 0 unspecified atom stereocenters. The summed E-state index contributed by atoms with van der Waals surface area (Å²) in [6.45, 7) is 4.44. The number of ether oxygens (including phenoxy) is 1. The fourth-order valence-corrected chi connectivity index (χ4v) is 2.54. The normalized spacial score (nSPS) is 24.4. The van der Waals surface area contributed by atoms with Crippen molar-refractivity contribution in [2.75, 3.05) is 39.4 Å². The van der Waals surface area contributed by atoms with Crippen LogP contribution >= 0.6 is 0 Å². The molecule has 2 saturated heterocycles. The van der Waals surface area contributed by atoms with Crippen molar-refractivity contribution in [2.45, 2.75) is 18.9 Å². The molecule has 0 radical (unpaired) electrons. The molecule has 19 heavy (non-hydrogen) atoms. The summed E-state index contributed by atoms with van der Waals surface area (Å²) in [5.41, 5.74) is 0.437. The number of carbonyl (C=O) groups is 1. The van der Waals surface area contributed by atoms with Gasteiger partial charge in [-0.15, -0.1) is 5.10 Å². The quantitative estimate of drug-likeness (QED) is 0.793. The lowest BCUT2D eigenvalue weighted by molar-refractivity contribution is 0.0299. The molecule has 1 N–H and O–H groups in total. The van der Waals surface area contributed by atoms with Gasteiger partial charge < -0.3 is 15.0 Å². The van der Waals surface area contributed by atoms with E-state index < -0.39 is 0 Å². The first-order valence-corrected chi connectivity index (χ1v) is 6.84. The third kappa shape index (κ3) is 2.76. The third-order valence-corrected chi connectivity index (χ3v) is 3.67. The van der Waals surface area contributed by atoms with Crippen LogP contribution in [0.4, 0.5) is 0 Å². The van der Waals surface area contributed by atoms with Gasteiger partial charge in [-0.2, -0.15) is 0 Å². The van der Waals surface area contributed by atoms with Gasteiger partial charge in [0.2, 0.25) is 0 Å². The van der Waals surface area contributed by atoms with E-state index in [4.69, 9.17) is 4.74 Å². The van der Waals surface area contributed by atoms with Gasteiger partial charge in [0.15, 0.2) is 5.69 Å². The predicted octanol–water partition coefficient (Wildman–Crippen LogP) is -0.325. The van der Waals surface area contributed by atoms with E-state index in [-0.39, 0.29) is 5.91 Å². The van der Waals surface area contributed by atoms with Crippen molar-refractivity contribution in [3.05, 3.63) is 11.9 Å². The Bertz CT molecular complexity index is 435. The maximum atomic E-state index is 12.2. The molecular formula is C12H19N5O2. The highest BCUT2D eigenvalue weighted by molar-refractivity contribution is 5.92. The van der Waals surface area contributed by atoms with Gasteiger partial charge in [-0.05, 0) is 19.4 Å². The van der Waals surface area contributed by atoms with Crippen molar-refractivity contribution in [1.82, 2.24) is 25.2 Å². The maximum Gasteiger partial charge on any atom is 0.276 e. The van der Waals surface area contributed by atoms with E-state index in [9.17, 15) is 4.79 Å². The Morgan fingerprint density at radius 3 is 3.00 bits per heavy atom. The number of aromatic nitrogens is 3. The van der Waals surface area contributed by atoms with Gasteiger partial charge in [0.25, 0.3) is 5.91 Å².